The molecule has 8 heteroatoms. The van der Waals surface area contributed by atoms with E-state index >= 15 is 0 Å². The minimum Gasteiger partial charge on any atom is -0.478 e. The lowest BCUT2D eigenvalue weighted by atomic mass is 9.95. The van der Waals surface area contributed by atoms with Gasteiger partial charge in [-0.15, -0.1) is 0 Å². The number of carboxylic acids is 1. The van der Waals surface area contributed by atoms with Crippen LogP contribution in [0.3, 0.4) is 0 Å². The van der Waals surface area contributed by atoms with E-state index < -0.39 is 16.0 Å². The lowest BCUT2D eigenvalue weighted by Crippen LogP contribution is -2.27. The molecule has 0 amide bonds. The minimum absolute atomic E-state index is 0.0949. The van der Waals surface area contributed by atoms with Gasteiger partial charge >= 0.3 is 5.97 Å². The van der Waals surface area contributed by atoms with Crippen LogP contribution in [0.2, 0.25) is 0 Å². The topological polar surface area (TPSA) is 108 Å². The molecule has 1 heterocycles. The molecule has 1 aromatic heterocycles. The van der Waals surface area contributed by atoms with Crippen molar-refractivity contribution in [3.8, 4) is 0 Å². The zero-order chi connectivity index (χ0) is 15.5. The maximum atomic E-state index is 11.4. The summed E-state index contributed by atoms with van der Waals surface area (Å²) in [6.07, 6.45) is 3.76. The number of aromatic carboxylic acids is 1. The van der Waals surface area contributed by atoms with Crippen molar-refractivity contribution >= 4 is 21.8 Å². The summed E-state index contributed by atoms with van der Waals surface area (Å²) in [6, 6.07) is 1.65. The van der Waals surface area contributed by atoms with Crippen LogP contribution >= 0.6 is 0 Å². The van der Waals surface area contributed by atoms with Crippen molar-refractivity contribution < 1.29 is 18.3 Å². The van der Waals surface area contributed by atoms with E-state index in [9.17, 15) is 18.3 Å². The summed E-state index contributed by atoms with van der Waals surface area (Å²) in [5.41, 5.74) is 1.98. The van der Waals surface area contributed by atoms with Crippen LogP contribution in [0, 0.1) is 0 Å². The quantitative estimate of drug-likeness (QED) is 0.710. The van der Waals surface area contributed by atoms with Gasteiger partial charge in [-0.3, -0.25) is 0 Å². The van der Waals surface area contributed by atoms with Crippen molar-refractivity contribution in [2.24, 2.45) is 0 Å². The molecule has 0 unspecified atom stereocenters. The average Bonchev–Trinajstić information content (AvgIpc) is 2.46. The fraction of sp³-hybridized carbons (Fsp3) is 0.538. The fourth-order valence-corrected chi connectivity index (χ4v) is 2.91. The molecule has 3 N–H and O–H groups in total. The monoisotopic (exact) mass is 313 g/mol. The summed E-state index contributed by atoms with van der Waals surface area (Å²) in [7, 11) is -1.99. The van der Waals surface area contributed by atoms with E-state index in [1.165, 1.54) is 7.05 Å². The van der Waals surface area contributed by atoms with E-state index in [2.05, 4.69) is 15.0 Å². The highest BCUT2D eigenvalue weighted by atomic mass is 32.2. The maximum Gasteiger partial charge on any atom is 0.339 e. The van der Waals surface area contributed by atoms with Gasteiger partial charge in [-0.1, -0.05) is 0 Å². The Morgan fingerprint density at radius 2 is 2.10 bits per heavy atom. The first-order chi connectivity index (χ1) is 9.93. The average molecular weight is 313 g/mol. The molecule has 0 bridgehead atoms. The number of anilines is 1. The van der Waals surface area contributed by atoms with Crippen molar-refractivity contribution in [1.82, 2.24) is 9.71 Å². The first-order valence-corrected chi connectivity index (χ1v) is 8.49. The Morgan fingerprint density at radius 1 is 1.38 bits per heavy atom. The molecule has 2 rings (SSSR count). The Bertz CT molecular complexity index is 643. The van der Waals surface area contributed by atoms with Crippen molar-refractivity contribution in [3.63, 3.8) is 0 Å². The third kappa shape index (κ3) is 3.92. The van der Waals surface area contributed by atoms with Crippen molar-refractivity contribution in [2.45, 2.75) is 25.7 Å². The second-order valence-corrected chi connectivity index (χ2v) is 7.00. The maximum absolute atomic E-state index is 11.4. The van der Waals surface area contributed by atoms with Gasteiger partial charge in [0.15, 0.2) is 0 Å². The van der Waals surface area contributed by atoms with Gasteiger partial charge in [-0.05, 0) is 44.4 Å². The molecule has 0 saturated carbocycles. The number of nitrogens with zero attached hydrogens (tertiary/aromatic N) is 1. The molecule has 0 atom stereocenters. The molecule has 0 radical (unpaired) electrons. The molecule has 0 aromatic carbocycles. The lowest BCUT2D eigenvalue weighted by molar-refractivity contribution is 0.0697. The number of pyridine rings is 1. The van der Waals surface area contributed by atoms with Crippen LogP contribution in [0.25, 0.3) is 0 Å². The Morgan fingerprint density at radius 3 is 2.76 bits per heavy atom. The number of rotatable bonds is 6. The highest BCUT2D eigenvalue weighted by Crippen LogP contribution is 2.24. The number of aryl methyl sites for hydroxylation is 2. The van der Waals surface area contributed by atoms with Gasteiger partial charge in [0.2, 0.25) is 10.0 Å². The predicted octanol–water partition coefficient (Wildman–Crippen LogP) is 0.620. The summed E-state index contributed by atoms with van der Waals surface area (Å²) in [6.45, 7) is 0.106. The van der Waals surface area contributed by atoms with Crippen molar-refractivity contribution in [1.29, 1.82) is 0 Å². The molecule has 116 valence electrons. The van der Waals surface area contributed by atoms with Gasteiger partial charge in [-0.2, -0.15) is 0 Å². The van der Waals surface area contributed by atoms with Gasteiger partial charge in [0.05, 0.1) is 5.75 Å². The third-order valence-corrected chi connectivity index (χ3v) is 4.87. The van der Waals surface area contributed by atoms with Crippen LogP contribution in [0.5, 0.6) is 0 Å². The van der Waals surface area contributed by atoms with Gasteiger partial charge in [0, 0.05) is 12.2 Å². The molecular formula is C13H19N3O4S. The molecule has 1 aromatic rings. The van der Waals surface area contributed by atoms with E-state index in [1.807, 2.05) is 0 Å². The Hall–Kier alpha value is -1.67. The molecule has 0 spiro atoms. The zero-order valence-electron chi connectivity index (χ0n) is 11.8. The van der Waals surface area contributed by atoms with E-state index in [0.717, 1.165) is 36.9 Å². The Kier molecular flexibility index (Phi) is 4.79. The Labute approximate surface area is 123 Å². The number of sulfonamides is 1. The number of carbonyl (C=O) groups is 1. The van der Waals surface area contributed by atoms with E-state index in [1.54, 1.807) is 6.07 Å². The normalized spacial score (nSPS) is 14.5. The van der Waals surface area contributed by atoms with Crippen LogP contribution in [0.4, 0.5) is 5.82 Å². The number of carboxylic acid groups (broad SMARTS) is 1. The predicted molar refractivity (Wildman–Crippen MR) is 79.2 cm³/mol. The molecule has 0 aliphatic heterocycles. The number of fused-ring (bicyclic) bond motifs is 1. The lowest BCUT2D eigenvalue weighted by Gasteiger charge is -2.18. The van der Waals surface area contributed by atoms with Crippen LogP contribution in [-0.4, -0.2) is 43.8 Å². The van der Waals surface area contributed by atoms with E-state index in [-0.39, 0.29) is 23.7 Å². The van der Waals surface area contributed by atoms with Gasteiger partial charge < -0.3 is 10.4 Å². The third-order valence-electron chi connectivity index (χ3n) is 3.51. The highest BCUT2D eigenvalue weighted by Gasteiger charge is 2.19. The number of hydrogen-bond acceptors (Lipinski definition) is 5. The number of nitrogens with one attached hydrogen (secondary N) is 2. The molecule has 21 heavy (non-hydrogen) atoms. The van der Waals surface area contributed by atoms with Crippen LogP contribution in [0.15, 0.2) is 6.07 Å². The smallest absolute Gasteiger partial charge is 0.339 e. The van der Waals surface area contributed by atoms with Gasteiger partial charge in [0.1, 0.15) is 11.4 Å². The molecule has 1 aliphatic rings. The Balaban J connectivity index is 2.19. The number of aromatic nitrogens is 1. The molecule has 7 nitrogen and oxygen atoms in total. The highest BCUT2D eigenvalue weighted by molar-refractivity contribution is 7.89. The summed E-state index contributed by atoms with van der Waals surface area (Å²) in [5, 5.41) is 12.1. The van der Waals surface area contributed by atoms with Gasteiger partial charge in [-0.25, -0.2) is 22.9 Å². The second-order valence-electron chi connectivity index (χ2n) is 4.95. The van der Waals surface area contributed by atoms with Crippen molar-refractivity contribution in [3.05, 3.63) is 22.9 Å². The van der Waals surface area contributed by atoms with Crippen LogP contribution in [0.1, 0.15) is 34.5 Å². The van der Waals surface area contributed by atoms with E-state index in [0.29, 0.717) is 0 Å². The summed E-state index contributed by atoms with van der Waals surface area (Å²) in [4.78, 5) is 15.7. The first kappa shape index (κ1) is 15.7. The summed E-state index contributed by atoms with van der Waals surface area (Å²) < 4.78 is 24.9. The largest absolute Gasteiger partial charge is 0.478 e. The summed E-state index contributed by atoms with van der Waals surface area (Å²) >= 11 is 0. The molecule has 0 saturated heterocycles. The summed E-state index contributed by atoms with van der Waals surface area (Å²) in [5.74, 6) is -0.953. The van der Waals surface area contributed by atoms with Gasteiger partial charge in [0.25, 0.3) is 0 Å². The second kappa shape index (κ2) is 6.40. The standard InChI is InChI=1S/C13H19N3O4S/c1-14-21(19,20)7-6-15-12-10(13(17)18)8-9-4-2-3-5-11(9)16-12/h8,14H,2-7H2,1H3,(H,15,16)(H,17,18). The minimum atomic E-state index is -3.33. The van der Waals surface area contributed by atoms with Crippen LogP contribution < -0.4 is 10.0 Å². The fourth-order valence-electron chi connectivity index (χ4n) is 2.34. The zero-order valence-corrected chi connectivity index (χ0v) is 12.7. The molecule has 1 aliphatic carbocycles. The van der Waals surface area contributed by atoms with E-state index in [4.69, 9.17) is 0 Å². The first-order valence-electron chi connectivity index (χ1n) is 6.84. The molecular weight excluding hydrogens is 294 g/mol. The van der Waals surface area contributed by atoms with Crippen molar-refractivity contribution in [2.75, 3.05) is 24.7 Å². The number of hydrogen-bond donors (Lipinski definition) is 3. The van der Waals surface area contributed by atoms with Crippen LogP contribution in [-0.2, 0) is 22.9 Å². The SMILES string of the molecule is CNS(=O)(=O)CCNc1nc2c(cc1C(=O)O)CCCC2. The molecule has 0 fully saturated rings.